The molecule has 2 aliphatic heterocycles. The monoisotopic (exact) mass is 339 g/mol. The van der Waals surface area contributed by atoms with Crippen molar-refractivity contribution < 1.29 is 24.6 Å². The van der Waals surface area contributed by atoms with Crippen LogP contribution in [-0.2, 0) is 9.59 Å². The van der Waals surface area contributed by atoms with Crippen molar-refractivity contribution in [1.82, 2.24) is 15.1 Å². The number of amides is 4. The normalized spacial score (nSPS) is 31.7. The van der Waals surface area contributed by atoms with Crippen molar-refractivity contribution in [3.63, 3.8) is 0 Å². The number of aliphatic hydroxyl groups excluding tert-OH is 1. The predicted octanol–water partition coefficient (Wildman–Crippen LogP) is -0.416. The number of rotatable bonds is 3. The standard InChI is InChI=1S/C16H25N3O5/c1-10-7-11(20)8-18(10)12(21)15(2,24)9-19-13(22)16(17-14(19)23)5-3-4-6-16/h10-11,20,24H,3-9H2,1-2H3,(H,17,23). The van der Waals surface area contributed by atoms with Gasteiger partial charge in [-0.1, -0.05) is 12.8 Å². The van der Waals surface area contributed by atoms with Gasteiger partial charge in [0.05, 0.1) is 12.6 Å². The molecule has 24 heavy (non-hydrogen) atoms. The molecule has 3 rings (SSSR count). The molecule has 3 unspecified atom stereocenters. The van der Waals surface area contributed by atoms with Crippen LogP contribution < -0.4 is 5.32 Å². The molecule has 0 aromatic carbocycles. The van der Waals surface area contributed by atoms with Gasteiger partial charge in [-0.25, -0.2) is 4.79 Å². The summed E-state index contributed by atoms with van der Waals surface area (Å²) in [6, 6.07) is -0.743. The van der Waals surface area contributed by atoms with Gasteiger partial charge in [0.25, 0.3) is 11.8 Å². The maximum Gasteiger partial charge on any atom is 0.325 e. The number of likely N-dealkylation sites (tertiary alicyclic amines) is 1. The fourth-order valence-electron chi connectivity index (χ4n) is 4.11. The third-order valence-corrected chi connectivity index (χ3v) is 5.44. The third-order valence-electron chi connectivity index (χ3n) is 5.44. The van der Waals surface area contributed by atoms with E-state index in [4.69, 9.17) is 0 Å². The topological polar surface area (TPSA) is 110 Å². The smallest absolute Gasteiger partial charge is 0.325 e. The predicted molar refractivity (Wildman–Crippen MR) is 83.9 cm³/mol. The molecule has 1 saturated carbocycles. The number of imide groups is 1. The number of aliphatic hydroxyl groups is 2. The van der Waals surface area contributed by atoms with Crippen LogP contribution in [0.4, 0.5) is 4.79 Å². The molecule has 3 N–H and O–H groups in total. The molecule has 2 heterocycles. The number of nitrogens with one attached hydrogen (secondary N) is 1. The Balaban J connectivity index is 1.73. The molecule has 8 heteroatoms. The van der Waals surface area contributed by atoms with Crippen LogP contribution in [-0.4, -0.2) is 74.2 Å². The molecule has 1 spiro atoms. The van der Waals surface area contributed by atoms with Crippen LogP contribution in [0.2, 0.25) is 0 Å². The van der Waals surface area contributed by atoms with E-state index in [0.717, 1.165) is 17.7 Å². The van der Waals surface area contributed by atoms with Gasteiger partial charge >= 0.3 is 6.03 Å². The fraction of sp³-hybridized carbons (Fsp3) is 0.812. The summed E-state index contributed by atoms with van der Waals surface area (Å²) in [5.74, 6) is -0.924. The van der Waals surface area contributed by atoms with Crippen LogP contribution in [0.15, 0.2) is 0 Å². The third kappa shape index (κ3) is 2.67. The summed E-state index contributed by atoms with van der Waals surface area (Å²) in [7, 11) is 0. The largest absolute Gasteiger partial charge is 0.391 e. The number of carbonyl (C=O) groups is 3. The Labute approximate surface area is 140 Å². The zero-order valence-electron chi connectivity index (χ0n) is 14.1. The highest BCUT2D eigenvalue weighted by Gasteiger charge is 2.54. The van der Waals surface area contributed by atoms with Crippen LogP contribution in [0.25, 0.3) is 0 Å². The van der Waals surface area contributed by atoms with Crippen LogP contribution in [0.3, 0.4) is 0 Å². The van der Waals surface area contributed by atoms with E-state index in [9.17, 15) is 24.6 Å². The van der Waals surface area contributed by atoms with Crippen molar-refractivity contribution in [3.8, 4) is 0 Å². The summed E-state index contributed by atoms with van der Waals surface area (Å²) >= 11 is 0. The molecule has 0 bridgehead atoms. The molecule has 1 aliphatic carbocycles. The van der Waals surface area contributed by atoms with Gasteiger partial charge in [0.2, 0.25) is 0 Å². The lowest BCUT2D eigenvalue weighted by molar-refractivity contribution is -0.153. The maximum atomic E-state index is 12.6. The zero-order valence-corrected chi connectivity index (χ0v) is 14.1. The summed E-state index contributed by atoms with van der Waals surface area (Å²) in [5.41, 5.74) is -2.73. The minimum absolute atomic E-state index is 0.153. The molecule has 4 amide bonds. The lowest BCUT2D eigenvalue weighted by atomic mass is 9.97. The number of urea groups is 1. The minimum atomic E-state index is -1.88. The van der Waals surface area contributed by atoms with Crippen molar-refractivity contribution in [2.24, 2.45) is 0 Å². The van der Waals surface area contributed by atoms with Crippen molar-refractivity contribution in [3.05, 3.63) is 0 Å². The number of hydrogen-bond donors (Lipinski definition) is 3. The second-order valence-corrected chi connectivity index (χ2v) is 7.58. The Morgan fingerprint density at radius 3 is 2.54 bits per heavy atom. The summed E-state index contributed by atoms with van der Waals surface area (Å²) < 4.78 is 0. The molecule has 0 aromatic rings. The minimum Gasteiger partial charge on any atom is -0.391 e. The van der Waals surface area contributed by atoms with Crippen molar-refractivity contribution >= 4 is 17.8 Å². The van der Waals surface area contributed by atoms with Crippen LogP contribution >= 0.6 is 0 Å². The number of β-amino-alcohol motifs (C(OH)–C–C–N with tert-alkyl or cyclic N) is 2. The maximum absolute atomic E-state index is 12.6. The van der Waals surface area contributed by atoms with E-state index in [1.807, 2.05) is 0 Å². The second-order valence-electron chi connectivity index (χ2n) is 7.58. The Bertz CT molecular complexity index is 570. The van der Waals surface area contributed by atoms with E-state index in [1.54, 1.807) is 6.92 Å². The van der Waals surface area contributed by atoms with Gasteiger partial charge < -0.3 is 20.4 Å². The summed E-state index contributed by atoms with van der Waals surface area (Å²) in [6.07, 6.45) is 2.78. The van der Waals surface area contributed by atoms with Crippen molar-refractivity contribution in [2.45, 2.75) is 69.2 Å². The highest BCUT2D eigenvalue weighted by Crippen LogP contribution is 2.35. The number of hydrogen-bond acceptors (Lipinski definition) is 5. The van der Waals surface area contributed by atoms with Gasteiger partial charge in [0.1, 0.15) is 5.54 Å². The second kappa shape index (κ2) is 5.70. The Kier molecular flexibility index (Phi) is 4.08. The summed E-state index contributed by atoms with van der Waals surface area (Å²) in [6.45, 7) is 2.89. The molecular weight excluding hydrogens is 314 g/mol. The number of nitrogens with zero attached hydrogens (tertiary/aromatic N) is 2. The van der Waals surface area contributed by atoms with Gasteiger partial charge in [-0.3, -0.25) is 14.5 Å². The first-order chi connectivity index (χ1) is 11.2. The Hall–Kier alpha value is -1.67. The van der Waals surface area contributed by atoms with E-state index < -0.39 is 29.2 Å². The summed E-state index contributed by atoms with van der Waals surface area (Å²) in [4.78, 5) is 39.8. The SMILES string of the molecule is CC1CC(O)CN1C(=O)C(C)(O)CN1C(=O)NC2(CCCC2)C1=O. The highest BCUT2D eigenvalue weighted by atomic mass is 16.3. The zero-order chi connectivity index (χ0) is 17.7. The van der Waals surface area contributed by atoms with Gasteiger partial charge in [-0.2, -0.15) is 0 Å². The summed E-state index contributed by atoms with van der Waals surface area (Å²) in [5, 5.41) is 23.1. The average molecular weight is 339 g/mol. The molecule has 0 aromatic heterocycles. The molecule has 3 aliphatic rings. The van der Waals surface area contributed by atoms with E-state index >= 15 is 0 Å². The van der Waals surface area contributed by atoms with Gasteiger partial charge in [-0.15, -0.1) is 0 Å². The fourth-order valence-corrected chi connectivity index (χ4v) is 4.11. The first kappa shape index (κ1) is 17.2. The van der Waals surface area contributed by atoms with Gasteiger partial charge in [0.15, 0.2) is 5.60 Å². The Morgan fingerprint density at radius 1 is 1.38 bits per heavy atom. The molecule has 3 fully saturated rings. The molecule has 8 nitrogen and oxygen atoms in total. The first-order valence-corrected chi connectivity index (χ1v) is 8.52. The van der Waals surface area contributed by atoms with Crippen LogP contribution in [0, 0.1) is 0 Å². The Morgan fingerprint density at radius 2 is 2.00 bits per heavy atom. The van der Waals surface area contributed by atoms with Gasteiger partial charge in [-0.05, 0) is 33.1 Å². The van der Waals surface area contributed by atoms with E-state index in [-0.39, 0.29) is 25.0 Å². The molecule has 2 saturated heterocycles. The van der Waals surface area contributed by atoms with Crippen molar-refractivity contribution in [2.75, 3.05) is 13.1 Å². The quantitative estimate of drug-likeness (QED) is 0.605. The van der Waals surface area contributed by atoms with Crippen LogP contribution in [0.1, 0.15) is 46.0 Å². The first-order valence-electron chi connectivity index (χ1n) is 8.52. The molecule has 3 atom stereocenters. The van der Waals surface area contributed by atoms with E-state index in [0.29, 0.717) is 19.3 Å². The molecule has 134 valence electrons. The van der Waals surface area contributed by atoms with Crippen LogP contribution in [0.5, 0.6) is 0 Å². The van der Waals surface area contributed by atoms with E-state index in [2.05, 4.69) is 5.32 Å². The average Bonchev–Trinajstić information content (AvgIpc) is 3.15. The van der Waals surface area contributed by atoms with E-state index in [1.165, 1.54) is 11.8 Å². The number of carbonyl (C=O) groups excluding carboxylic acids is 3. The molecular formula is C16H25N3O5. The van der Waals surface area contributed by atoms with Crippen molar-refractivity contribution in [1.29, 1.82) is 0 Å². The van der Waals surface area contributed by atoms with Gasteiger partial charge in [0, 0.05) is 12.6 Å². The highest BCUT2D eigenvalue weighted by molar-refractivity contribution is 6.07. The lowest BCUT2D eigenvalue weighted by Crippen LogP contribution is -2.56. The lowest BCUT2D eigenvalue weighted by Gasteiger charge is -2.32. The molecule has 0 radical (unpaired) electrons.